The highest BCUT2D eigenvalue weighted by molar-refractivity contribution is 5.90. The summed E-state index contributed by atoms with van der Waals surface area (Å²) in [7, 11) is 3.65. The lowest BCUT2D eigenvalue weighted by Gasteiger charge is -2.21. The summed E-state index contributed by atoms with van der Waals surface area (Å²) in [4.78, 5) is 23.1. The Bertz CT molecular complexity index is 904. The van der Waals surface area contributed by atoms with Crippen LogP contribution < -0.4 is 15.5 Å². The molecule has 1 amide bonds. The fourth-order valence-electron chi connectivity index (χ4n) is 4.30. The minimum Gasteiger partial charge on any atom is -0.355 e. The number of nitrogens with one attached hydrogen (secondary N) is 2. The molecule has 1 atom stereocenters. The lowest BCUT2D eigenvalue weighted by Crippen LogP contribution is -2.34. The molecule has 28 heavy (non-hydrogen) atoms. The third-order valence-corrected chi connectivity index (χ3v) is 6.04. The van der Waals surface area contributed by atoms with E-state index >= 15 is 0 Å². The van der Waals surface area contributed by atoms with Crippen molar-refractivity contribution in [2.45, 2.75) is 52.1 Å². The quantitative estimate of drug-likeness (QED) is 0.802. The SMILES string of the molecule is CNC(=O)c1nc(C)c(C)c(N2CC[C@@H](NCc3c4c(nn3C)CCC4)C2)n1. The van der Waals surface area contributed by atoms with Gasteiger partial charge in [-0.1, -0.05) is 0 Å². The number of aromatic nitrogens is 4. The molecule has 1 saturated heterocycles. The fraction of sp³-hybridized carbons (Fsp3) is 0.600. The highest BCUT2D eigenvalue weighted by Gasteiger charge is 2.27. The number of fused-ring (bicyclic) bond motifs is 1. The van der Waals surface area contributed by atoms with Crippen LogP contribution in [0.3, 0.4) is 0 Å². The van der Waals surface area contributed by atoms with E-state index in [1.165, 1.54) is 23.4 Å². The van der Waals surface area contributed by atoms with E-state index in [-0.39, 0.29) is 11.7 Å². The first kappa shape index (κ1) is 18.9. The van der Waals surface area contributed by atoms with Crippen LogP contribution in [0.1, 0.15) is 51.7 Å². The summed E-state index contributed by atoms with van der Waals surface area (Å²) in [6.07, 6.45) is 4.54. The van der Waals surface area contributed by atoms with Gasteiger partial charge in [-0.15, -0.1) is 0 Å². The van der Waals surface area contributed by atoms with Crippen LogP contribution in [0.25, 0.3) is 0 Å². The highest BCUT2D eigenvalue weighted by Crippen LogP contribution is 2.26. The van der Waals surface area contributed by atoms with Gasteiger partial charge in [0.05, 0.1) is 11.4 Å². The maximum Gasteiger partial charge on any atom is 0.288 e. The van der Waals surface area contributed by atoms with Gasteiger partial charge in [0.25, 0.3) is 5.91 Å². The summed E-state index contributed by atoms with van der Waals surface area (Å²) in [5.74, 6) is 0.863. The Balaban J connectivity index is 1.45. The van der Waals surface area contributed by atoms with Crippen LogP contribution in [-0.4, -0.2) is 51.8 Å². The van der Waals surface area contributed by atoms with Crippen molar-refractivity contribution in [1.82, 2.24) is 30.4 Å². The number of anilines is 1. The smallest absolute Gasteiger partial charge is 0.288 e. The zero-order valence-corrected chi connectivity index (χ0v) is 17.2. The topological polar surface area (TPSA) is 88.0 Å². The van der Waals surface area contributed by atoms with E-state index in [0.29, 0.717) is 6.04 Å². The maximum absolute atomic E-state index is 12.0. The van der Waals surface area contributed by atoms with Crippen molar-refractivity contribution in [3.05, 3.63) is 34.0 Å². The summed E-state index contributed by atoms with van der Waals surface area (Å²) in [6.45, 7) is 6.61. The molecule has 8 heteroatoms. The van der Waals surface area contributed by atoms with E-state index in [1.54, 1.807) is 7.05 Å². The van der Waals surface area contributed by atoms with Gasteiger partial charge in [-0.05, 0) is 45.1 Å². The number of hydrogen-bond acceptors (Lipinski definition) is 6. The van der Waals surface area contributed by atoms with Crippen LogP contribution in [0.15, 0.2) is 0 Å². The van der Waals surface area contributed by atoms with Gasteiger partial charge in [-0.2, -0.15) is 5.10 Å². The molecule has 4 rings (SSSR count). The molecule has 1 aliphatic carbocycles. The van der Waals surface area contributed by atoms with Crippen molar-refractivity contribution in [3.8, 4) is 0 Å². The van der Waals surface area contributed by atoms with Gasteiger partial charge in [-0.3, -0.25) is 9.48 Å². The van der Waals surface area contributed by atoms with Crippen molar-refractivity contribution in [1.29, 1.82) is 0 Å². The molecule has 2 N–H and O–H groups in total. The van der Waals surface area contributed by atoms with Gasteiger partial charge in [0, 0.05) is 51.0 Å². The van der Waals surface area contributed by atoms with E-state index in [9.17, 15) is 4.79 Å². The third-order valence-electron chi connectivity index (χ3n) is 6.04. The molecule has 0 spiro atoms. The van der Waals surface area contributed by atoms with Gasteiger partial charge < -0.3 is 15.5 Å². The summed E-state index contributed by atoms with van der Waals surface area (Å²) in [5, 5.41) is 11.0. The number of rotatable bonds is 5. The van der Waals surface area contributed by atoms with Gasteiger partial charge in [0.15, 0.2) is 0 Å². The van der Waals surface area contributed by atoms with Gasteiger partial charge in [0.1, 0.15) is 5.82 Å². The Morgan fingerprint density at radius 1 is 1.25 bits per heavy atom. The minimum atomic E-state index is -0.247. The normalized spacial score (nSPS) is 18.6. The predicted octanol–water partition coefficient (Wildman–Crippen LogP) is 1.04. The molecule has 0 saturated carbocycles. The lowest BCUT2D eigenvalue weighted by atomic mass is 10.2. The van der Waals surface area contributed by atoms with Gasteiger partial charge >= 0.3 is 0 Å². The van der Waals surface area contributed by atoms with Crippen molar-refractivity contribution < 1.29 is 4.79 Å². The molecular formula is C20H29N7O. The summed E-state index contributed by atoms with van der Waals surface area (Å²) >= 11 is 0. The largest absolute Gasteiger partial charge is 0.355 e. The van der Waals surface area contributed by atoms with Crippen LogP contribution in [0.5, 0.6) is 0 Å². The number of hydrogen-bond donors (Lipinski definition) is 2. The van der Waals surface area contributed by atoms with Crippen LogP contribution in [0.4, 0.5) is 5.82 Å². The van der Waals surface area contributed by atoms with Crippen molar-refractivity contribution in [2.75, 3.05) is 25.0 Å². The van der Waals surface area contributed by atoms with Crippen LogP contribution in [0.2, 0.25) is 0 Å². The zero-order chi connectivity index (χ0) is 19.8. The average molecular weight is 384 g/mol. The molecule has 8 nitrogen and oxygen atoms in total. The second kappa shape index (κ2) is 7.50. The highest BCUT2D eigenvalue weighted by atomic mass is 16.2. The van der Waals surface area contributed by atoms with Gasteiger partial charge in [0.2, 0.25) is 5.82 Å². The molecule has 1 fully saturated rings. The Hall–Kier alpha value is -2.48. The zero-order valence-electron chi connectivity index (χ0n) is 17.2. The number of amides is 1. The molecule has 2 aliphatic rings. The van der Waals surface area contributed by atoms with Crippen LogP contribution >= 0.6 is 0 Å². The van der Waals surface area contributed by atoms with Crippen molar-refractivity contribution >= 4 is 11.7 Å². The molecule has 2 aromatic rings. The number of carbonyl (C=O) groups excluding carboxylic acids is 1. The second-order valence-electron chi connectivity index (χ2n) is 7.82. The standard InChI is InChI=1S/C20H29N7O/c1-12-13(2)23-18(20(28)21-3)24-19(12)27-9-8-14(11-27)22-10-17-15-6-5-7-16(15)25-26(17)4/h14,22H,5-11H2,1-4H3,(H,21,28)/t14-/m1/s1. The second-order valence-corrected chi connectivity index (χ2v) is 7.82. The molecule has 0 unspecified atom stereocenters. The first-order valence-corrected chi connectivity index (χ1v) is 10.1. The minimum absolute atomic E-state index is 0.238. The molecule has 150 valence electrons. The lowest BCUT2D eigenvalue weighted by molar-refractivity contribution is 0.0952. The number of nitrogens with zero attached hydrogens (tertiary/aromatic N) is 5. The van der Waals surface area contributed by atoms with E-state index < -0.39 is 0 Å². The molecule has 0 bridgehead atoms. The Morgan fingerprint density at radius 2 is 2.07 bits per heavy atom. The maximum atomic E-state index is 12.0. The van der Waals surface area contributed by atoms with Gasteiger partial charge in [-0.25, -0.2) is 9.97 Å². The van der Waals surface area contributed by atoms with E-state index in [1.807, 2.05) is 25.6 Å². The fourth-order valence-corrected chi connectivity index (χ4v) is 4.30. The molecule has 2 aromatic heterocycles. The summed E-state index contributed by atoms with van der Waals surface area (Å²) < 4.78 is 2.04. The van der Waals surface area contributed by atoms with E-state index in [4.69, 9.17) is 0 Å². The van der Waals surface area contributed by atoms with E-state index in [0.717, 1.165) is 56.0 Å². The summed E-state index contributed by atoms with van der Waals surface area (Å²) in [6, 6.07) is 0.394. The first-order chi connectivity index (χ1) is 13.5. The van der Waals surface area contributed by atoms with E-state index in [2.05, 4.69) is 30.6 Å². The number of carbonyl (C=O) groups is 1. The average Bonchev–Trinajstić information content (AvgIpc) is 3.38. The molecule has 3 heterocycles. The van der Waals surface area contributed by atoms with Crippen LogP contribution in [0, 0.1) is 13.8 Å². The molecule has 0 aromatic carbocycles. The van der Waals surface area contributed by atoms with Crippen molar-refractivity contribution in [3.63, 3.8) is 0 Å². The first-order valence-electron chi connectivity index (χ1n) is 10.1. The van der Waals surface area contributed by atoms with Crippen LogP contribution in [-0.2, 0) is 26.4 Å². The Morgan fingerprint density at radius 3 is 2.86 bits per heavy atom. The molecule has 0 radical (unpaired) electrons. The molecule has 1 aliphatic heterocycles. The Kier molecular flexibility index (Phi) is 5.05. The summed E-state index contributed by atoms with van der Waals surface area (Å²) in [5.41, 5.74) is 5.94. The van der Waals surface area contributed by atoms with Crippen molar-refractivity contribution in [2.24, 2.45) is 7.05 Å². The predicted molar refractivity (Wildman–Crippen MR) is 108 cm³/mol. The monoisotopic (exact) mass is 383 g/mol. The molecular weight excluding hydrogens is 354 g/mol. The third kappa shape index (κ3) is 3.37. The number of aryl methyl sites for hydroxylation is 3. The Labute approximate surface area is 165 Å².